The van der Waals surface area contributed by atoms with E-state index in [0.717, 1.165) is 6.39 Å². The molecule has 0 N–H and O–H groups in total. The first-order valence-corrected chi connectivity index (χ1v) is 3.92. The molecule has 0 aliphatic heterocycles. The molecule has 5 heteroatoms. The molecule has 0 aliphatic carbocycles. The quantitative estimate of drug-likeness (QED) is 0.741. The van der Waals surface area contributed by atoms with Gasteiger partial charge in [-0.05, 0) is 12.1 Å². The molecule has 0 spiro atoms. The van der Waals surface area contributed by atoms with E-state index in [0.29, 0.717) is 5.56 Å². The predicted octanol–water partition coefficient (Wildman–Crippen LogP) is 2.67. The van der Waals surface area contributed by atoms with Crippen LogP contribution in [0.25, 0.3) is 11.5 Å². The molecule has 2 aromatic rings. The Balaban J connectivity index is 2.41. The maximum absolute atomic E-state index is 12.3. The van der Waals surface area contributed by atoms with E-state index < -0.39 is 6.43 Å². The van der Waals surface area contributed by atoms with Gasteiger partial charge in [0.2, 0.25) is 12.3 Å². The highest BCUT2D eigenvalue weighted by Crippen LogP contribution is 2.23. The third-order valence-electron chi connectivity index (χ3n) is 1.75. The monoisotopic (exact) mass is 196 g/mol. The molecule has 0 amide bonds. The Hall–Kier alpha value is -1.78. The molecule has 1 aromatic heterocycles. The van der Waals surface area contributed by atoms with Crippen LogP contribution in [0.3, 0.4) is 0 Å². The minimum atomic E-state index is -2.49. The summed E-state index contributed by atoms with van der Waals surface area (Å²) in [5, 5.41) is 7.09. The number of hydrogen-bond donors (Lipinski definition) is 0. The Kier molecular flexibility index (Phi) is 2.22. The van der Waals surface area contributed by atoms with Crippen LogP contribution < -0.4 is 0 Å². The molecular formula is C9H6F2N2O. The van der Waals surface area contributed by atoms with Crippen molar-refractivity contribution in [3.8, 4) is 11.5 Å². The SMILES string of the molecule is FC(F)c1cccc(-c2nnco2)c1. The fraction of sp³-hybridized carbons (Fsp3) is 0.111. The number of aromatic nitrogens is 2. The van der Waals surface area contributed by atoms with Crippen LogP contribution in [0, 0.1) is 0 Å². The predicted molar refractivity (Wildman–Crippen MR) is 44.7 cm³/mol. The van der Waals surface area contributed by atoms with Crippen LogP contribution in [-0.2, 0) is 0 Å². The summed E-state index contributed by atoms with van der Waals surface area (Å²) in [5.74, 6) is 0.243. The fourth-order valence-electron chi connectivity index (χ4n) is 1.11. The van der Waals surface area contributed by atoms with E-state index in [1.54, 1.807) is 6.07 Å². The zero-order valence-electron chi connectivity index (χ0n) is 7.02. The first kappa shape index (κ1) is 8.80. The van der Waals surface area contributed by atoms with Crippen molar-refractivity contribution in [3.05, 3.63) is 36.2 Å². The zero-order chi connectivity index (χ0) is 9.97. The van der Waals surface area contributed by atoms with Gasteiger partial charge < -0.3 is 4.42 Å². The first-order chi connectivity index (χ1) is 6.77. The lowest BCUT2D eigenvalue weighted by Crippen LogP contribution is -1.85. The van der Waals surface area contributed by atoms with Gasteiger partial charge in [0.05, 0.1) is 0 Å². The minimum Gasteiger partial charge on any atom is -0.423 e. The molecule has 2 rings (SSSR count). The highest BCUT2D eigenvalue weighted by atomic mass is 19.3. The van der Waals surface area contributed by atoms with Gasteiger partial charge in [-0.15, -0.1) is 10.2 Å². The summed E-state index contributed by atoms with van der Waals surface area (Å²) in [7, 11) is 0. The van der Waals surface area contributed by atoms with E-state index in [9.17, 15) is 8.78 Å². The molecule has 0 saturated carbocycles. The summed E-state index contributed by atoms with van der Waals surface area (Å²) >= 11 is 0. The van der Waals surface area contributed by atoms with Gasteiger partial charge in [0.25, 0.3) is 6.43 Å². The van der Waals surface area contributed by atoms with E-state index >= 15 is 0 Å². The topological polar surface area (TPSA) is 38.9 Å². The van der Waals surface area contributed by atoms with Crippen molar-refractivity contribution in [3.63, 3.8) is 0 Å². The number of alkyl halides is 2. The second-order valence-electron chi connectivity index (χ2n) is 2.67. The maximum Gasteiger partial charge on any atom is 0.263 e. The number of rotatable bonds is 2. The molecule has 0 atom stereocenters. The Morgan fingerprint density at radius 2 is 2.14 bits per heavy atom. The second kappa shape index (κ2) is 3.53. The van der Waals surface area contributed by atoms with Crippen molar-refractivity contribution >= 4 is 0 Å². The van der Waals surface area contributed by atoms with Crippen LogP contribution in [0.5, 0.6) is 0 Å². The molecule has 1 aromatic carbocycles. The minimum absolute atomic E-state index is 0.0549. The molecule has 0 bridgehead atoms. The third kappa shape index (κ3) is 1.61. The van der Waals surface area contributed by atoms with Gasteiger partial charge in [-0.25, -0.2) is 8.78 Å². The van der Waals surface area contributed by atoms with Crippen LogP contribution in [0.15, 0.2) is 35.1 Å². The number of nitrogens with zero attached hydrogens (tertiary/aromatic N) is 2. The lowest BCUT2D eigenvalue weighted by atomic mass is 10.1. The van der Waals surface area contributed by atoms with Crippen LogP contribution in [-0.4, -0.2) is 10.2 Å². The van der Waals surface area contributed by atoms with Crippen molar-refractivity contribution in [2.24, 2.45) is 0 Å². The zero-order valence-corrected chi connectivity index (χ0v) is 7.02. The smallest absolute Gasteiger partial charge is 0.263 e. The molecule has 14 heavy (non-hydrogen) atoms. The van der Waals surface area contributed by atoms with E-state index in [1.165, 1.54) is 18.2 Å². The van der Waals surface area contributed by atoms with Gasteiger partial charge in [0.15, 0.2) is 0 Å². The normalized spacial score (nSPS) is 10.8. The van der Waals surface area contributed by atoms with E-state index in [2.05, 4.69) is 10.2 Å². The Bertz CT molecular complexity index is 415. The third-order valence-corrected chi connectivity index (χ3v) is 1.75. The van der Waals surface area contributed by atoms with E-state index in [1.807, 2.05) is 0 Å². The molecular weight excluding hydrogens is 190 g/mol. The highest BCUT2D eigenvalue weighted by Gasteiger charge is 2.09. The number of hydrogen-bond acceptors (Lipinski definition) is 3. The summed E-state index contributed by atoms with van der Waals surface area (Å²) in [6.07, 6.45) is -1.33. The lowest BCUT2D eigenvalue weighted by molar-refractivity contribution is 0.151. The van der Waals surface area contributed by atoms with Crippen molar-refractivity contribution in [1.82, 2.24) is 10.2 Å². The van der Waals surface area contributed by atoms with Gasteiger partial charge in [-0.2, -0.15) is 0 Å². The number of benzene rings is 1. The largest absolute Gasteiger partial charge is 0.423 e. The average Bonchev–Trinajstić information content (AvgIpc) is 2.71. The summed E-state index contributed by atoms with van der Waals surface area (Å²) in [4.78, 5) is 0. The molecule has 0 aliphatic rings. The number of halogens is 2. The van der Waals surface area contributed by atoms with E-state index in [4.69, 9.17) is 4.42 Å². The summed E-state index contributed by atoms with van der Waals surface area (Å²) in [6, 6.07) is 5.85. The van der Waals surface area contributed by atoms with Crippen molar-refractivity contribution in [1.29, 1.82) is 0 Å². The second-order valence-corrected chi connectivity index (χ2v) is 2.67. The fourth-order valence-corrected chi connectivity index (χ4v) is 1.11. The molecule has 0 radical (unpaired) electrons. The lowest BCUT2D eigenvalue weighted by Gasteiger charge is -2.00. The molecule has 0 fully saturated rings. The van der Waals surface area contributed by atoms with Gasteiger partial charge in [0, 0.05) is 11.1 Å². The standard InChI is InChI=1S/C9H6F2N2O/c10-8(11)6-2-1-3-7(4-6)9-13-12-5-14-9/h1-5,8H. The maximum atomic E-state index is 12.3. The van der Waals surface area contributed by atoms with Crippen molar-refractivity contribution in [2.75, 3.05) is 0 Å². The molecule has 0 saturated heterocycles. The summed E-state index contributed by atoms with van der Waals surface area (Å²) in [6.45, 7) is 0. The van der Waals surface area contributed by atoms with Crippen molar-refractivity contribution < 1.29 is 13.2 Å². The average molecular weight is 196 g/mol. The van der Waals surface area contributed by atoms with Crippen LogP contribution in [0.2, 0.25) is 0 Å². The van der Waals surface area contributed by atoms with Crippen molar-refractivity contribution in [2.45, 2.75) is 6.43 Å². The van der Waals surface area contributed by atoms with Gasteiger partial charge in [-0.1, -0.05) is 12.1 Å². The Morgan fingerprint density at radius 3 is 2.79 bits per heavy atom. The Morgan fingerprint density at radius 1 is 1.29 bits per heavy atom. The highest BCUT2D eigenvalue weighted by molar-refractivity contribution is 5.53. The molecule has 1 heterocycles. The van der Waals surface area contributed by atoms with Gasteiger partial charge in [0.1, 0.15) is 0 Å². The van der Waals surface area contributed by atoms with Crippen LogP contribution in [0.1, 0.15) is 12.0 Å². The molecule has 0 unspecified atom stereocenters. The van der Waals surface area contributed by atoms with Gasteiger partial charge in [-0.3, -0.25) is 0 Å². The summed E-state index contributed by atoms with van der Waals surface area (Å²) in [5.41, 5.74) is 0.445. The van der Waals surface area contributed by atoms with Crippen LogP contribution >= 0.6 is 0 Å². The molecule has 72 valence electrons. The van der Waals surface area contributed by atoms with E-state index in [-0.39, 0.29) is 11.5 Å². The molecule has 3 nitrogen and oxygen atoms in total. The summed E-state index contributed by atoms with van der Waals surface area (Å²) < 4.78 is 29.5. The van der Waals surface area contributed by atoms with Gasteiger partial charge >= 0.3 is 0 Å². The Labute approximate surface area is 78.4 Å². The van der Waals surface area contributed by atoms with Crippen LogP contribution in [0.4, 0.5) is 8.78 Å². The first-order valence-electron chi connectivity index (χ1n) is 3.92.